The summed E-state index contributed by atoms with van der Waals surface area (Å²) in [4.78, 5) is 18.9. The van der Waals surface area contributed by atoms with Gasteiger partial charge in [-0.2, -0.15) is 0 Å². The number of benzene rings is 2. The molecular weight excluding hydrogens is 337 g/mol. The van der Waals surface area contributed by atoms with Crippen LogP contribution in [0.15, 0.2) is 60.8 Å². The number of amides is 1. The summed E-state index contributed by atoms with van der Waals surface area (Å²) in [6, 6.07) is 16.4. The van der Waals surface area contributed by atoms with Crippen molar-refractivity contribution < 1.29 is 9.18 Å². The van der Waals surface area contributed by atoms with Crippen LogP contribution < -0.4 is 10.2 Å². The lowest BCUT2D eigenvalue weighted by molar-refractivity contribution is 0.0958. The number of halogens is 1. The number of thiazole rings is 1. The lowest BCUT2D eigenvalue weighted by Gasteiger charge is -2.19. The van der Waals surface area contributed by atoms with Gasteiger partial charge in [0.1, 0.15) is 15.7 Å². The third-order valence-electron chi connectivity index (χ3n) is 3.76. The van der Waals surface area contributed by atoms with Gasteiger partial charge >= 0.3 is 0 Å². The molecule has 4 nitrogen and oxygen atoms in total. The molecule has 0 saturated carbocycles. The Labute approximate surface area is 150 Å². The lowest BCUT2D eigenvalue weighted by Crippen LogP contribution is -2.32. The van der Waals surface area contributed by atoms with Crippen LogP contribution in [0.3, 0.4) is 0 Å². The lowest BCUT2D eigenvalue weighted by atomic mass is 10.2. The number of rotatable bonds is 6. The predicted molar refractivity (Wildman–Crippen MR) is 99.6 cm³/mol. The number of carbonyl (C=O) groups excluding carboxylic acids is 1. The molecule has 3 aromatic rings. The minimum absolute atomic E-state index is 0.193. The maximum absolute atomic E-state index is 13.8. The van der Waals surface area contributed by atoms with Gasteiger partial charge in [0.2, 0.25) is 0 Å². The number of likely N-dealkylation sites (N-methyl/N-ethyl adjacent to an activating group) is 1. The van der Waals surface area contributed by atoms with E-state index in [0.717, 1.165) is 5.69 Å². The SMILES string of the molecule is CN(CCNC(=O)c1cnc(-c2ccccc2F)s1)c1ccccc1. The van der Waals surface area contributed by atoms with Gasteiger partial charge in [-0.3, -0.25) is 4.79 Å². The quantitative estimate of drug-likeness (QED) is 0.731. The maximum Gasteiger partial charge on any atom is 0.263 e. The highest BCUT2D eigenvalue weighted by atomic mass is 32.1. The molecule has 0 aliphatic rings. The Balaban J connectivity index is 1.57. The van der Waals surface area contributed by atoms with Crippen molar-refractivity contribution in [3.05, 3.63) is 71.5 Å². The number of anilines is 1. The Morgan fingerprint density at radius 3 is 2.64 bits per heavy atom. The normalized spacial score (nSPS) is 10.5. The van der Waals surface area contributed by atoms with Crippen molar-refractivity contribution in [2.45, 2.75) is 0 Å². The van der Waals surface area contributed by atoms with Gasteiger partial charge in [0.25, 0.3) is 5.91 Å². The zero-order chi connectivity index (χ0) is 17.6. The zero-order valence-electron chi connectivity index (χ0n) is 13.8. The van der Waals surface area contributed by atoms with E-state index in [-0.39, 0.29) is 11.7 Å². The van der Waals surface area contributed by atoms with Crippen LogP contribution in [0.25, 0.3) is 10.6 Å². The minimum atomic E-state index is -0.340. The summed E-state index contributed by atoms with van der Waals surface area (Å²) >= 11 is 1.19. The van der Waals surface area contributed by atoms with Crippen LogP contribution in [0.1, 0.15) is 9.67 Å². The summed E-state index contributed by atoms with van der Waals surface area (Å²) in [5.41, 5.74) is 1.51. The summed E-state index contributed by atoms with van der Waals surface area (Å²) in [5, 5.41) is 3.38. The molecule has 0 spiro atoms. The number of nitrogens with one attached hydrogen (secondary N) is 1. The molecule has 1 N–H and O–H groups in total. The molecule has 0 fully saturated rings. The van der Waals surface area contributed by atoms with Crippen molar-refractivity contribution in [3.63, 3.8) is 0 Å². The fourth-order valence-corrected chi connectivity index (χ4v) is 3.23. The third kappa shape index (κ3) is 4.22. The Kier molecular flexibility index (Phi) is 5.40. The first kappa shape index (κ1) is 17.1. The van der Waals surface area contributed by atoms with Gasteiger partial charge in [-0.05, 0) is 24.3 Å². The van der Waals surface area contributed by atoms with E-state index in [9.17, 15) is 9.18 Å². The number of hydrogen-bond acceptors (Lipinski definition) is 4. The second-order valence-corrected chi connectivity index (χ2v) is 6.55. The van der Waals surface area contributed by atoms with Gasteiger partial charge < -0.3 is 10.2 Å². The van der Waals surface area contributed by atoms with Crippen LogP contribution in [-0.2, 0) is 0 Å². The Morgan fingerprint density at radius 1 is 1.16 bits per heavy atom. The van der Waals surface area contributed by atoms with Crippen LogP contribution in [0.2, 0.25) is 0 Å². The monoisotopic (exact) mass is 355 g/mol. The molecule has 0 atom stereocenters. The van der Waals surface area contributed by atoms with Crippen molar-refractivity contribution in [2.24, 2.45) is 0 Å². The van der Waals surface area contributed by atoms with Crippen LogP contribution in [-0.4, -0.2) is 31.0 Å². The van der Waals surface area contributed by atoms with Crippen molar-refractivity contribution in [2.75, 3.05) is 25.0 Å². The van der Waals surface area contributed by atoms with E-state index in [4.69, 9.17) is 0 Å². The fraction of sp³-hybridized carbons (Fsp3) is 0.158. The van der Waals surface area contributed by atoms with E-state index >= 15 is 0 Å². The van der Waals surface area contributed by atoms with Gasteiger partial charge in [0.05, 0.1) is 6.20 Å². The number of nitrogens with zero attached hydrogens (tertiary/aromatic N) is 2. The number of para-hydroxylation sites is 1. The number of hydrogen-bond donors (Lipinski definition) is 1. The van der Waals surface area contributed by atoms with Gasteiger partial charge in [-0.15, -0.1) is 11.3 Å². The van der Waals surface area contributed by atoms with Gasteiger partial charge in [0, 0.05) is 31.4 Å². The van der Waals surface area contributed by atoms with Crippen molar-refractivity contribution in [1.29, 1.82) is 0 Å². The third-order valence-corrected chi connectivity index (χ3v) is 4.79. The van der Waals surface area contributed by atoms with Crippen LogP contribution in [0.5, 0.6) is 0 Å². The molecule has 0 unspecified atom stereocenters. The second-order valence-electron chi connectivity index (χ2n) is 5.52. The fourth-order valence-electron chi connectivity index (χ4n) is 2.37. The molecular formula is C19H18FN3OS. The Bertz CT molecular complexity index is 851. The van der Waals surface area contributed by atoms with E-state index in [1.807, 2.05) is 37.4 Å². The van der Waals surface area contributed by atoms with Gasteiger partial charge in [-0.1, -0.05) is 30.3 Å². The molecule has 128 valence electrons. The molecule has 1 aromatic heterocycles. The molecule has 25 heavy (non-hydrogen) atoms. The zero-order valence-corrected chi connectivity index (χ0v) is 14.6. The Hall–Kier alpha value is -2.73. The highest BCUT2D eigenvalue weighted by molar-refractivity contribution is 7.16. The summed E-state index contributed by atoms with van der Waals surface area (Å²) in [5.74, 6) is -0.533. The molecule has 2 aromatic carbocycles. The largest absolute Gasteiger partial charge is 0.373 e. The van der Waals surface area contributed by atoms with Crippen LogP contribution in [0.4, 0.5) is 10.1 Å². The summed E-state index contributed by atoms with van der Waals surface area (Å²) in [7, 11) is 1.98. The smallest absolute Gasteiger partial charge is 0.263 e. The molecule has 0 aliphatic heterocycles. The molecule has 6 heteroatoms. The molecule has 0 saturated heterocycles. The average Bonchev–Trinajstić information content (AvgIpc) is 3.12. The molecule has 3 rings (SSSR count). The highest BCUT2D eigenvalue weighted by Crippen LogP contribution is 2.27. The van der Waals surface area contributed by atoms with Crippen LogP contribution in [0, 0.1) is 5.82 Å². The standard InChI is InChI=1S/C19H18FN3OS/c1-23(14-7-3-2-4-8-14)12-11-21-18(24)17-13-22-19(25-17)15-9-5-6-10-16(15)20/h2-10,13H,11-12H2,1H3,(H,21,24). The molecule has 1 heterocycles. The van der Waals surface area contributed by atoms with Crippen molar-refractivity contribution in [3.8, 4) is 10.6 Å². The van der Waals surface area contributed by atoms with E-state index in [1.54, 1.807) is 18.2 Å². The van der Waals surface area contributed by atoms with E-state index in [2.05, 4.69) is 15.2 Å². The Morgan fingerprint density at radius 2 is 1.88 bits per heavy atom. The second kappa shape index (κ2) is 7.90. The molecule has 0 aliphatic carbocycles. The topological polar surface area (TPSA) is 45.2 Å². The van der Waals surface area contributed by atoms with Gasteiger partial charge in [-0.25, -0.2) is 9.37 Å². The number of aromatic nitrogens is 1. The molecule has 0 radical (unpaired) electrons. The molecule has 0 bridgehead atoms. The summed E-state index contributed by atoms with van der Waals surface area (Å²) < 4.78 is 13.8. The van der Waals surface area contributed by atoms with Gasteiger partial charge in [0.15, 0.2) is 0 Å². The maximum atomic E-state index is 13.8. The first-order chi connectivity index (χ1) is 12.1. The number of carbonyl (C=O) groups is 1. The summed E-state index contributed by atoms with van der Waals surface area (Å²) in [6.45, 7) is 1.20. The van der Waals surface area contributed by atoms with E-state index in [1.165, 1.54) is 23.6 Å². The molecule has 1 amide bonds. The van der Waals surface area contributed by atoms with Crippen molar-refractivity contribution >= 4 is 22.9 Å². The van der Waals surface area contributed by atoms with E-state index in [0.29, 0.717) is 28.5 Å². The minimum Gasteiger partial charge on any atom is -0.373 e. The predicted octanol–water partition coefficient (Wildman–Crippen LogP) is 3.82. The summed E-state index contributed by atoms with van der Waals surface area (Å²) in [6.07, 6.45) is 1.49. The highest BCUT2D eigenvalue weighted by Gasteiger charge is 2.13. The van der Waals surface area contributed by atoms with E-state index < -0.39 is 0 Å². The van der Waals surface area contributed by atoms with Crippen LogP contribution >= 0.6 is 11.3 Å². The average molecular weight is 355 g/mol. The first-order valence-electron chi connectivity index (χ1n) is 7.90. The first-order valence-corrected chi connectivity index (χ1v) is 8.72. The van der Waals surface area contributed by atoms with Crippen molar-refractivity contribution in [1.82, 2.24) is 10.3 Å².